The van der Waals surface area contributed by atoms with Gasteiger partial charge in [-0.3, -0.25) is 4.79 Å². The van der Waals surface area contributed by atoms with Crippen molar-refractivity contribution < 1.29 is 14.3 Å². The van der Waals surface area contributed by atoms with Gasteiger partial charge >= 0.3 is 5.97 Å². The van der Waals surface area contributed by atoms with Crippen molar-refractivity contribution in [2.75, 3.05) is 18.0 Å². The van der Waals surface area contributed by atoms with Crippen LogP contribution >= 0.6 is 0 Å². The first kappa shape index (κ1) is 17.9. The molecule has 0 aromatic carbocycles. The normalized spacial score (nSPS) is 21.2. The summed E-state index contributed by atoms with van der Waals surface area (Å²) in [6, 6.07) is 1.09. The second-order valence-electron chi connectivity index (χ2n) is 8.73. The minimum absolute atomic E-state index is 0.0198. The highest BCUT2D eigenvalue weighted by Gasteiger charge is 2.54. The fourth-order valence-electron chi connectivity index (χ4n) is 3.94. The molecule has 1 saturated heterocycles. The lowest BCUT2D eigenvalue weighted by Crippen LogP contribution is -2.31. The molecule has 1 saturated carbocycles. The largest absolute Gasteiger partial charge is 0.477 e. The molecule has 4 rings (SSSR count). The molecule has 1 unspecified atom stereocenters. The molecule has 27 heavy (non-hydrogen) atoms. The maximum Gasteiger partial charge on any atom is 0.341 e. The van der Waals surface area contributed by atoms with E-state index in [2.05, 4.69) is 4.98 Å². The fraction of sp³-hybridized carbons (Fsp3) is 0.526. The lowest BCUT2D eigenvalue weighted by atomic mass is 10.0. The Bertz CT molecular complexity index is 1020. The molecule has 0 amide bonds. The van der Waals surface area contributed by atoms with Crippen LogP contribution in [0.1, 0.15) is 44.0 Å². The number of hydrogen-bond acceptors (Lipinski definition) is 5. The molecule has 8 heteroatoms. The molecule has 1 aliphatic heterocycles. The van der Waals surface area contributed by atoms with Gasteiger partial charge in [0.25, 0.3) is 0 Å². The SMILES string of the molecule is CC(C)(C)n1cc(C(=O)O)c(=O)c2cc(F)c(N3CC(N)C4(CC4)C3)nc21. The molecule has 1 aliphatic carbocycles. The fourth-order valence-corrected chi connectivity index (χ4v) is 3.94. The van der Waals surface area contributed by atoms with Crippen molar-refractivity contribution in [3.63, 3.8) is 0 Å². The molecule has 2 aromatic rings. The van der Waals surface area contributed by atoms with Gasteiger partial charge < -0.3 is 20.3 Å². The summed E-state index contributed by atoms with van der Waals surface area (Å²) in [7, 11) is 0. The molecule has 2 aromatic heterocycles. The molecule has 1 atom stereocenters. The van der Waals surface area contributed by atoms with Gasteiger partial charge in [-0.1, -0.05) is 0 Å². The summed E-state index contributed by atoms with van der Waals surface area (Å²) >= 11 is 0. The number of carboxylic acid groups (broad SMARTS) is 1. The van der Waals surface area contributed by atoms with E-state index in [0.717, 1.165) is 18.9 Å². The number of carboxylic acids is 1. The average molecular weight is 374 g/mol. The Kier molecular flexibility index (Phi) is 3.66. The Morgan fingerprint density at radius 2 is 2.07 bits per heavy atom. The minimum Gasteiger partial charge on any atom is -0.477 e. The first-order valence-corrected chi connectivity index (χ1v) is 9.04. The highest BCUT2D eigenvalue weighted by Crippen LogP contribution is 2.52. The molecule has 3 heterocycles. The first-order chi connectivity index (χ1) is 12.5. The van der Waals surface area contributed by atoms with Gasteiger partial charge in [-0.15, -0.1) is 0 Å². The molecule has 0 bridgehead atoms. The molecule has 2 fully saturated rings. The summed E-state index contributed by atoms with van der Waals surface area (Å²) in [4.78, 5) is 30.4. The Morgan fingerprint density at radius 3 is 2.59 bits per heavy atom. The van der Waals surface area contributed by atoms with Gasteiger partial charge in [-0.25, -0.2) is 14.2 Å². The van der Waals surface area contributed by atoms with E-state index < -0.39 is 28.3 Å². The van der Waals surface area contributed by atoms with Crippen LogP contribution in [0.25, 0.3) is 11.0 Å². The Balaban J connectivity index is 1.94. The smallest absolute Gasteiger partial charge is 0.341 e. The van der Waals surface area contributed by atoms with E-state index in [4.69, 9.17) is 5.73 Å². The van der Waals surface area contributed by atoms with Gasteiger partial charge in [-0.2, -0.15) is 0 Å². The van der Waals surface area contributed by atoms with Crippen molar-refractivity contribution in [2.24, 2.45) is 11.1 Å². The maximum atomic E-state index is 14.9. The summed E-state index contributed by atoms with van der Waals surface area (Å²) in [6.07, 6.45) is 3.36. The number of anilines is 1. The van der Waals surface area contributed by atoms with E-state index in [9.17, 15) is 19.1 Å². The van der Waals surface area contributed by atoms with E-state index >= 15 is 0 Å². The molecular formula is C19H23FN4O3. The number of fused-ring (bicyclic) bond motifs is 1. The van der Waals surface area contributed by atoms with Crippen LogP contribution in [0.4, 0.5) is 10.2 Å². The van der Waals surface area contributed by atoms with E-state index in [1.165, 1.54) is 6.20 Å². The molecule has 1 spiro atoms. The van der Waals surface area contributed by atoms with Crippen molar-refractivity contribution in [2.45, 2.75) is 45.2 Å². The maximum absolute atomic E-state index is 14.9. The molecule has 2 aliphatic rings. The third-order valence-electron chi connectivity index (χ3n) is 5.77. The number of pyridine rings is 2. The topological polar surface area (TPSA) is 101 Å². The number of rotatable bonds is 2. The van der Waals surface area contributed by atoms with Crippen LogP contribution in [0.5, 0.6) is 0 Å². The van der Waals surface area contributed by atoms with Gasteiger partial charge in [0.15, 0.2) is 11.6 Å². The van der Waals surface area contributed by atoms with Gasteiger partial charge in [0.2, 0.25) is 5.43 Å². The van der Waals surface area contributed by atoms with Crippen LogP contribution in [0, 0.1) is 11.2 Å². The third-order valence-corrected chi connectivity index (χ3v) is 5.77. The third kappa shape index (κ3) is 2.70. The van der Waals surface area contributed by atoms with Gasteiger partial charge in [0, 0.05) is 36.3 Å². The lowest BCUT2D eigenvalue weighted by molar-refractivity contribution is 0.0694. The number of nitrogens with zero attached hydrogens (tertiary/aromatic N) is 3. The second-order valence-corrected chi connectivity index (χ2v) is 8.73. The molecule has 7 nitrogen and oxygen atoms in total. The first-order valence-electron chi connectivity index (χ1n) is 9.04. The molecule has 144 valence electrons. The Morgan fingerprint density at radius 1 is 1.41 bits per heavy atom. The summed E-state index contributed by atoms with van der Waals surface area (Å²) in [5, 5.41) is 9.32. The quantitative estimate of drug-likeness (QED) is 0.833. The molecular weight excluding hydrogens is 351 g/mol. The summed E-state index contributed by atoms with van der Waals surface area (Å²) in [5.41, 5.74) is 4.89. The van der Waals surface area contributed by atoms with Crippen LogP contribution in [0.2, 0.25) is 0 Å². The van der Waals surface area contributed by atoms with Gasteiger partial charge in [0.1, 0.15) is 11.2 Å². The van der Waals surface area contributed by atoms with Gasteiger partial charge in [-0.05, 0) is 39.7 Å². The Hall–Kier alpha value is -2.48. The van der Waals surface area contributed by atoms with Crippen LogP contribution in [0.15, 0.2) is 17.1 Å². The number of hydrogen-bond donors (Lipinski definition) is 2. The van der Waals surface area contributed by atoms with Crippen molar-refractivity contribution in [1.82, 2.24) is 9.55 Å². The van der Waals surface area contributed by atoms with E-state index in [1.54, 1.807) is 4.57 Å². The average Bonchev–Trinajstić information content (AvgIpc) is 3.26. The number of halogens is 1. The minimum atomic E-state index is -1.34. The number of aromatic nitrogens is 2. The van der Waals surface area contributed by atoms with Crippen molar-refractivity contribution in [3.8, 4) is 0 Å². The highest BCUT2D eigenvalue weighted by molar-refractivity contribution is 5.92. The molecule has 3 N–H and O–H groups in total. The van der Waals surface area contributed by atoms with Crippen LogP contribution in [-0.2, 0) is 5.54 Å². The zero-order chi connectivity index (χ0) is 19.7. The van der Waals surface area contributed by atoms with E-state index in [0.29, 0.717) is 13.1 Å². The zero-order valence-corrected chi connectivity index (χ0v) is 15.6. The summed E-state index contributed by atoms with van der Waals surface area (Å²) < 4.78 is 16.5. The monoisotopic (exact) mass is 374 g/mol. The second kappa shape index (κ2) is 5.51. The lowest BCUT2D eigenvalue weighted by Gasteiger charge is -2.26. The predicted molar refractivity (Wildman–Crippen MR) is 99.8 cm³/mol. The van der Waals surface area contributed by atoms with Crippen molar-refractivity contribution >= 4 is 22.8 Å². The Labute approximate surface area is 155 Å². The van der Waals surface area contributed by atoms with Crippen LogP contribution in [-0.4, -0.2) is 39.8 Å². The molecule has 0 radical (unpaired) electrons. The zero-order valence-electron chi connectivity index (χ0n) is 15.6. The number of nitrogens with two attached hydrogens (primary N) is 1. The summed E-state index contributed by atoms with van der Waals surface area (Å²) in [6.45, 7) is 6.79. The standard InChI is InChI=1S/C19H23FN4O3/c1-18(2,3)24-7-11(17(26)27)14(25)10-6-12(20)16(22-15(10)24)23-8-13(21)19(9-23)4-5-19/h6-7,13H,4-5,8-9,21H2,1-3H3,(H,26,27). The van der Waals surface area contributed by atoms with Gasteiger partial charge in [0.05, 0.1) is 5.39 Å². The van der Waals surface area contributed by atoms with Crippen LogP contribution < -0.4 is 16.1 Å². The van der Waals surface area contributed by atoms with E-state index in [-0.39, 0.29) is 28.3 Å². The number of aromatic carboxylic acids is 1. The van der Waals surface area contributed by atoms with Crippen LogP contribution in [0.3, 0.4) is 0 Å². The highest BCUT2D eigenvalue weighted by atomic mass is 19.1. The number of carbonyl (C=O) groups is 1. The summed E-state index contributed by atoms with van der Waals surface area (Å²) in [5.74, 6) is -1.81. The van der Waals surface area contributed by atoms with E-state index in [1.807, 2.05) is 25.7 Å². The van der Waals surface area contributed by atoms with Crippen molar-refractivity contribution in [1.29, 1.82) is 0 Å². The predicted octanol–water partition coefficient (Wildman–Crippen LogP) is 1.92. The van der Waals surface area contributed by atoms with Crippen molar-refractivity contribution in [3.05, 3.63) is 33.9 Å².